The molecule has 1 aliphatic heterocycles. The third-order valence-corrected chi connectivity index (χ3v) is 3.86. The van der Waals surface area contributed by atoms with Crippen LogP contribution in [0.25, 0.3) is 0 Å². The predicted molar refractivity (Wildman–Crippen MR) is 50.6 cm³/mol. The van der Waals surface area contributed by atoms with E-state index >= 15 is 0 Å². The monoisotopic (exact) mass is 170 g/mol. The maximum absolute atomic E-state index is 3.55. The van der Waals surface area contributed by atoms with Gasteiger partial charge in [-0.2, -0.15) is 0 Å². The van der Waals surface area contributed by atoms with Gasteiger partial charge in [0.2, 0.25) is 0 Å². The highest BCUT2D eigenvalue weighted by molar-refractivity contribution is 8.00. The van der Waals surface area contributed by atoms with Crippen molar-refractivity contribution >= 4 is 11.8 Å². The molecule has 1 nitrogen and oxygen atoms in total. The molecule has 1 saturated carbocycles. The Morgan fingerprint density at radius 1 is 1.18 bits per heavy atom. The molecule has 1 saturated heterocycles. The van der Waals surface area contributed by atoms with Crippen molar-refractivity contribution in [3.63, 3.8) is 0 Å². The summed E-state index contributed by atoms with van der Waals surface area (Å²) < 4.78 is 0. The second kappa shape index (κ2) is 3.81. The van der Waals surface area contributed by atoms with Crippen molar-refractivity contribution < 1.29 is 0 Å². The molecule has 2 fully saturated rings. The lowest BCUT2D eigenvalue weighted by molar-refractivity contribution is 0.495. The van der Waals surface area contributed by atoms with Crippen molar-refractivity contribution in [2.24, 2.45) is 0 Å². The molecule has 2 aliphatic rings. The summed E-state index contributed by atoms with van der Waals surface area (Å²) in [4.78, 5) is 0. The molecule has 0 aromatic rings. The van der Waals surface area contributed by atoms with E-state index in [4.69, 9.17) is 0 Å². The van der Waals surface area contributed by atoms with E-state index < -0.39 is 0 Å². The van der Waals surface area contributed by atoms with E-state index in [2.05, 4.69) is 17.1 Å². The maximum Gasteiger partial charge on any atom is 0.0596 e. The molecule has 1 aliphatic carbocycles. The SMILES string of the molecule is C1CC[C](C2NCCS2)CC1. The Hall–Kier alpha value is 0.310. The minimum absolute atomic E-state index is 0.732. The summed E-state index contributed by atoms with van der Waals surface area (Å²) in [6, 6.07) is 0. The molecular weight excluding hydrogens is 154 g/mol. The van der Waals surface area contributed by atoms with Gasteiger partial charge in [-0.25, -0.2) is 0 Å². The highest BCUT2D eigenvalue weighted by Crippen LogP contribution is 2.34. The normalized spacial score (nSPS) is 34.4. The van der Waals surface area contributed by atoms with Crippen LogP contribution in [0.1, 0.15) is 32.1 Å². The molecule has 2 rings (SSSR count). The summed E-state index contributed by atoms with van der Waals surface area (Å²) in [5, 5.41) is 4.28. The lowest BCUT2D eigenvalue weighted by Gasteiger charge is -2.25. The molecule has 63 valence electrons. The van der Waals surface area contributed by atoms with Gasteiger partial charge in [0, 0.05) is 18.2 Å². The zero-order valence-electron chi connectivity index (χ0n) is 6.94. The van der Waals surface area contributed by atoms with Crippen LogP contribution in [-0.4, -0.2) is 17.7 Å². The van der Waals surface area contributed by atoms with Crippen LogP contribution in [0.15, 0.2) is 0 Å². The predicted octanol–water partition coefficient (Wildman–Crippen LogP) is 2.19. The van der Waals surface area contributed by atoms with E-state index in [0.29, 0.717) is 0 Å². The standard InChI is InChI=1S/C9H16NS/c1-2-4-8(5-3-1)9-10-6-7-11-9/h9-10H,1-7H2. The molecule has 0 spiro atoms. The molecule has 1 heterocycles. The number of hydrogen-bond donors (Lipinski definition) is 1. The first kappa shape index (κ1) is 7.93. The van der Waals surface area contributed by atoms with Crippen molar-refractivity contribution in [2.45, 2.75) is 37.5 Å². The van der Waals surface area contributed by atoms with Crippen molar-refractivity contribution in [3.8, 4) is 0 Å². The third kappa shape index (κ3) is 1.91. The van der Waals surface area contributed by atoms with E-state index in [0.717, 1.165) is 5.37 Å². The smallest absolute Gasteiger partial charge is 0.0596 e. The Morgan fingerprint density at radius 3 is 2.64 bits per heavy atom. The zero-order valence-corrected chi connectivity index (χ0v) is 7.75. The van der Waals surface area contributed by atoms with E-state index in [9.17, 15) is 0 Å². The molecule has 0 aromatic carbocycles. The Morgan fingerprint density at radius 2 is 2.00 bits per heavy atom. The van der Waals surface area contributed by atoms with Gasteiger partial charge in [0.05, 0.1) is 5.37 Å². The number of rotatable bonds is 1. The average molecular weight is 170 g/mol. The largest absolute Gasteiger partial charge is 0.304 e. The summed E-state index contributed by atoms with van der Waals surface area (Å²) in [5.41, 5.74) is 0. The van der Waals surface area contributed by atoms with Gasteiger partial charge in [0.25, 0.3) is 0 Å². The fourth-order valence-corrected chi connectivity index (χ4v) is 3.13. The minimum Gasteiger partial charge on any atom is -0.304 e. The van der Waals surface area contributed by atoms with Crippen LogP contribution >= 0.6 is 11.8 Å². The van der Waals surface area contributed by atoms with Crippen LogP contribution in [0.2, 0.25) is 0 Å². The zero-order chi connectivity index (χ0) is 7.52. The Labute approximate surface area is 73.3 Å². The first-order valence-electron chi connectivity index (χ1n) is 4.66. The van der Waals surface area contributed by atoms with E-state index in [1.165, 1.54) is 44.4 Å². The average Bonchev–Trinajstić information content (AvgIpc) is 2.58. The van der Waals surface area contributed by atoms with Gasteiger partial charge in [-0.1, -0.05) is 19.3 Å². The molecule has 1 unspecified atom stereocenters. The van der Waals surface area contributed by atoms with Crippen molar-refractivity contribution in [2.75, 3.05) is 12.3 Å². The molecule has 0 aromatic heterocycles. The van der Waals surface area contributed by atoms with Crippen LogP contribution in [-0.2, 0) is 0 Å². The third-order valence-electron chi connectivity index (χ3n) is 2.58. The number of thioether (sulfide) groups is 1. The van der Waals surface area contributed by atoms with Crippen molar-refractivity contribution in [1.82, 2.24) is 5.32 Å². The van der Waals surface area contributed by atoms with Crippen molar-refractivity contribution in [1.29, 1.82) is 0 Å². The summed E-state index contributed by atoms with van der Waals surface area (Å²) in [5.74, 6) is 3.10. The quantitative estimate of drug-likeness (QED) is 0.647. The Balaban J connectivity index is 1.82. The second-order valence-corrected chi connectivity index (χ2v) is 4.64. The lowest BCUT2D eigenvalue weighted by atomic mass is 9.89. The van der Waals surface area contributed by atoms with Crippen LogP contribution < -0.4 is 5.32 Å². The van der Waals surface area contributed by atoms with Crippen LogP contribution in [0.3, 0.4) is 0 Å². The first-order chi connectivity index (χ1) is 5.47. The molecule has 0 bridgehead atoms. The Kier molecular flexibility index (Phi) is 2.75. The fourth-order valence-electron chi connectivity index (χ4n) is 1.96. The first-order valence-corrected chi connectivity index (χ1v) is 5.71. The topological polar surface area (TPSA) is 12.0 Å². The van der Waals surface area contributed by atoms with Gasteiger partial charge < -0.3 is 5.32 Å². The highest BCUT2D eigenvalue weighted by Gasteiger charge is 2.26. The summed E-state index contributed by atoms with van der Waals surface area (Å²) >= 11 is 2.10. The number of nitrogens with one attached hydrogen (secondary N) is 1. The molecule has 0 amide bonds. The summed E-state index contributed by atoms with van der Waals surface area (Å²) in [7, 11) is 0. The fraction of sp³-hybridized carbons (Fsp3) is 0.889. The van der Waals surface area contributed by atoms with Gasteiger partial charge >= 0.3 is 0 Å². The molecule has 1 radical (unpaired) electrons. The van der Waals surface area contributed by atoms with E-state index in [-0.39, 0.29) is 0 Å². The van der Waals surface area contributed by atoms with E-state index in [1.54, 1.807) is 5.92 Å². The Bertz CT molecular complexity index is 115. The molecule has 11 heavy (non-hydrogen) atoms. The maximum atomic E-state index is 3.55. The van der Waals surface area contributed by atoms with Crippen LogP contribution in [0.5, 0.6) is 0 Å². The van der Waals surface area contributed by atoms with Gasteiger partial charge in [0.15, 0.2) is 0 Å². The van der Waals surface area contributed by atoms with Crippen LogP contribution in [0.4, 0.5) is 0 Å². The van der Waals surface area contributed by atoms with Gasteiger partial charge in [0.1, 0.15) is 0 Å². The summed E-state index contributed by atoms with van der Waals surface area (Å²) in [6.07, 6.45) is 7.12. The number of hydrogen-bond acceptors (Lipinski definition) is 2. The summed E-state index contributed by atoms with van der Waals surface area (Å²) in [6.45, 7) is 1.22. The molecule has 2 heteroatoms. The molecular formula is C9H16NS. The van der Waals surface area contributed by atoms with E-state index in [1.807, 2.05) is 0 Å². The second-order valence-electron chi connectivity index (χ2n) is 3.42. The van der Waals surface area contributed by atoms with Crippen LogP contribution in [0, 0.1) is 5.92 Å². The van der Waals surface area contributed by atoms with Crippen molar-refractivity contribution in [3.05, 3.63) is 5.92 Å². The molecule has 1 atom stereocenters. The minimum atomic E-state index is 0.732. The van der Waals surface area contributed by atoms with Gasteiger partial charge in [-0.15, -0.1) is 11.8 Å². The molecule has 1 N–H and O–H groups in total. The van der Waals surface area contributed by atoms with Gasteiger partial charge in [-0.05, 0) is 12.8 Å². The lowest BCUT2D eigenvalue weighted by Crippen LogP contribution is -2.28. The van der Waals surface area contributed by atoms with Gasteiger partial charge in [-0.3, -0.25) is 0 Å². The highest BCUT2D eigenvalue weighted by atomic mass is 32.2.